The van der Waals surface area contributed by atoms with Crippen LogP contribution in [0.1, 0.15) is 30.1 Å². The fourth-order valence-corrected chi connectivity index (χ4v) is 2.30. The molecule has 2 rings (SSSR count). The monoisotopic (exact) mass is 298 g/mol. The lowest BCUT2D eigenvalue weighted by Gasteiger charge is -2.17. The molecule has 0 saturated carbocycles. The van der Waals surface area contributed by atoms with Crippen molar-refractivity contribution in [1.29, 1.82) is 0 Å². The molecule has 1 heterocycles. The molecule has 0 bridgehead atoms. The standard InChI is InChI=1S/C15H22N2O2.ClH/c1-3-9-19-14-6-4-5-12(10-14)15(18)17-8-7-13(11-17)16-2;/h4-6,10,13,16H,3,7-9,11H2,1-2H3;1H. The first-order valence-electron chi connectivity index (χ1n) is 6.94. The fourth-order valence-electron chi connectivity index (χ4n) is 2.30. The minimum Gasteiger partial charge on any atom is -0.494 e. The van der Waals surface area contributed by atoms with E-state index in [0.29, 0.717) is 18.2 Å². The number of nitrogens with one attached hydrogen (secondary N) is 1. The highest BCUT2D eigenvalue weighted by Crippen LogP contribution is 2.18. The van der Waals surface area contributed by atoms with E-state index in [2.05, 4.69) is 12.2 Å². The van der Waals surface area contributed by atoms with Gasteiger partial charge in [-0.05, 0) is 38.1 Å². The molecule has 1 aromatic rings. The molecule has 1 saturated heterocycles. The van der Waals surface area contributed by atoms with Crippen LogP contribution in [0.15, 0.2) is 24.3 Å². The average molecular weight is 299 g/mol. The zero-order chi connectivity index (χ0) is 13.7. The van der Waals surface area contributed by atoms with Crippen LogP contribution in [-0.2, 0) is 0 Å². The molecule has 0 aromatic heterocycles. The maximum absolute atomic E-state index is 12.4. The highest BCUT2D eigenvalue weighted by atomic mass is 35.5. The Kier molecular flexibility index (Phi) is 6.82. The summed E-state index contributed by atoms with van der Waals surface area (Å²) < 4.78 is 5.57. The molecule has 1 aromatic carbocycles. The molecule has 20 heavy (non-hydrogen) atoms. The number of carbonyl (C=O) groups is 1. The second-order valence-corrected chi connectivity index (χ2v) is 4.90. The molecule has 0 spiro atoms. The number of likely N-dealkylation sites (tertiary alicyclic amines) is 1. The van der Waals surface area contributed by atoms with Crippen LogP contribution in [0.2, 0.25) is 0 Å². The third kappa shape index (κ3) is 4.12. The lowest BCUT2D eigenvalue weighted by Crippen LogP contribution is -2.33. The van der Waals surface area contributed by atoms with Crippen LogP contribution in [0, 0.1) is 0 Å². The SMILES string of the molecule is CCCOc1cccc(C(=O)N2CCC(NC)C2)c1.Cl. The van der Waals surface area contributed by atoms with Crippen molar-refractivity contribution in [1.82, 2.24) is 10.2 Å². The van der Waals surface area contributed by atoms with Gasteiger partial charge in [0.2, 0.25) is 0 Å². The van der Waals surface area contributed by atoms with Gasteiger partial charge in [0.15, 0.2) is 0 Å². The molecular weight excluding hydrogens is 276 g/mol. The van der Waals surface area contributed by atoms with Crippen molar-refractivity contribution in [3.05, 3.63) is 29.8 Å². The van der Waals surface area contributed by atoms with Gasteiger partial charge in [0.1, 0.15) is 5.75 Å². The summed E-state index contributed by atoms with van der Waals surface area (Å²) in [5, 5.41) is 3.22. The van der Waals surface area contributed by atoms with Crippen molar-refractivity contribution in [2.24, 2.45) is 0 Å². The third-order valence-corrected chi connectivity index (χ3v) is 3.44. The van der Waals surface area contributed by atoms with E-state index < -0.39 is 0 Å². The van der Waals surface area contributed by atoms with Gasteiger partial charge in [-0.1, -0.05) is 13.0 Å². The maximum atomic E-state index is 12.4. The van der Waals surface area contributed by atoms with Gasteiger partial charge in [-0.2, -0.15) is 0 Å². The average Bonchev–Trinajstić information content (AvgIpc) is 2.93. The minimum atomic E-state index is 0. The van der Waals surface area contributed by atoms with Crippen molar-refractivity contribution in [2.75, 3.05) is 26.7 Å². The van der Waals surface area contributed by atoms with E-state index in [0.717, 1.165) is 31.7 Å². The Morgan fingerprint density at radius 2 is 2.30 bits per heavy atom. The number of rotatable bonds is 5. The Hall–Kier alpha value is -1.26. The third-order valence-electron chi connectivity index (χ3n) is 3.44. The quantitative estimate of drug-likeness (QED) is 0.907. The number of nitrogens with zero attached hydrogens (tertiary/aromatic N) is 1. The molecule has 0 radical (unpaired) electrons. The molecule has 1 fully saturated rings. The zero-order valence-corrected chi connectivity index (χ0v) is 12.9. The molecule has 1 unspecified atom stereocenters. The predicted octanol–water partition coefficient (Wildman–Crippen LogP) is 2.33. The van der Waals surface area contributed by atoms with E-state index in [1.165, 1.54) is 0 Å². The minimum absolute atomic E-state index is 0. The molecule has 1 aliphatic rings. The molecule has 5 heteroatoms. The van der Waals surface area contributed by atoms with Crippen LogP contribution < -0.4 is 10.1 Å². The van der Waals surface area contributed by atoms with Crippen LogP contribution in [-0.4, -0.2) is 43.6 Å². The Morgan fingerprint density at radius 3 is 2.95 bits per heavy atom. The zero-order valence-electron chi connectivity index (χ0n) is 12.1. The highest BCUT2D eigenvalue weighted by Gasteiger charge is 2.25. The largest absolute Gasteiger partial charge is 0.494 e. The molecule has 1 atom stereocenters. The number of hydrogen-bond donors (Lipinski definition) is 1. The molecule has 4 nitrogen and oxygen atoms in total. The summed E-state index contributed by atoms with van der Waals surface area (Å²) in [5.74, 6) is 0.872. The Morgan fingerprint density at radius 1 is 1.50 bits per heavy atom. The first-order valence-corrected chi connectivity index (χ1v) is 6.94. The summed E-state index contributed by atoms with van der Waals surface area (Å²) in [6.45, 7) is 4.36. The second-order valence-electron chi connectivity index (χ2n) is 4.90. The number of likely N-dealkylation sites (N-methyl/N-ethyl adjacent to an activating group) is 1. The van der Waals surface area contributed by atoms with Crippen LogP contribution in [0.4, 0.5) is 0 Å². The summed E-state index contributed by atoms with van der Waals surface area (Å²) >= 11 is 0. The van der Waals surface area contributed by atoms with Gasteiger partial charge < -0.3 is 15.0 Å². The first-order chi connectivity index (χ1) is 9.24. The van der Waals surface area contributed by atoms with E-state index in [9.17, 15) is 4.79 Å². The highest BCUT2D eigenvalue weighted by molar-refractivity contribution is 5.94. The van der Waals surface area contributed by atoms with E-state index in [4.69, 9.17) is 4.74 Å². The van der Waals surface area contributed by atoms with Crippen molar-refractivity contribution < 1.29 is 9.53 Å². The number of hydrogen-bond acceptors (Lipinski definition) is 3. The fraction of sp³-hybridized carbons (Fsp3) is 0.533. The Balaban J connectivity index is 0.00000200. The van der Waals surface area contributed by atoms with Gasteiger partial charge in [0, 0.05) is 24.7 Å². The van der Waals surface area contributed by atoms with Crippen molar-refractivity contribution in [2.45, 2.75) is 25.8 Å². The second kappa shape index (κ2) is 8.12. The maximum Gasteiger partial charge on any atom is 0.254 e. The van der Waals surface area contributed by atoms with E-state index in [1.807, 2.05) is 36.2 Å². The van der Waals surface area contributed by atoms with Gasteiger partial charge in [-0.3, -0.25) is 4.79 Å². The van der Waals surface area contributed by atoms with Crippen molar-refractivity contribution >= 4 is 18.3 Å². The molecule has 1 amide bonds. The Labute approximate surface area is 126 Å². The van der Waals surface area contributed by atoms with E-state index >= 15 is 0 Å². The number of carbonyl (C=O) groups excluding carboxylic acids is 1. The van der Waals surface area contributed by atoms with Gasteiger partial charge in [-0.25, -0.2) is 0 Å². The van der Waals surface area contributed by atoms with Gasteiger partial charge >= 0.3 is 0 Å². The number of benzene rings is 1. The summed E-state index contributed by atoms with van der Waals surface area (Å²) in [4.78, 5) is 14.3. The van der Waals surface area contributed by atoms with Gasteiger partial charge in [0.25, 0.3) is 5.91 Å². The van der Waals surface area contributed by atoms with Crippen LogP contribution in [0.3, 0.4) is 0 Å². The van der Waals surface area contributed by atoms with Crippen molar-refractivity contribution in [3.8, 4) is 5.75 Å². The first kappa shape index (κ1) is 16.8. The summed E-state index contributed by atoms with van der Waals surface area (Å²) in [7, 11) is 1.94. The van der Waals surface area contributed by atoms with Gasteiger partial charge in [0.05, 0.1) is 6.61 Å². The van der Waals surface area contributed by atoms with Crippen LogP contribution in [0.25, 0.3) is 0 Å². The smallest absolute Gasteiger partial charge is 0.254 e. The van der Waals surface area contributed by atoms with Crippen LogP contribution in [0.5, 0.6) is 5.75 Å². The van der Waals surface area contributed by atoms with Crippen molar-refractivity contribution in [3.63, 3.8) is 0 Å². The number of amides is 1. The lowest BCUT2D eigenvalue weighted by atomic mass is 10.2. The molecule has 1 aliphatic heterocycles. The topological polar surface area (TPSA) is 41.6 Å². The summed E-state index contributed by atoms with van der Waals surface area (Å²) in [6.07, 6.45) is 1.99. The molecule has 0 aliphatic carbocycles. The number of ether oxygens (including phenoxy) is 1. The molecule has 1 N–H and O–H groups in total. The van der Waals surface area contributed by atoms with E-state index in [1.54, 1.807) is 0 Å². The molecular formula is C15H23ClN2O2. The normalized spacial score (nSPS) is 17.7. The summed E-state index contributed by atoms with van der Waals surface area (Å²) in [6, 6.07) is 7.89. The van der Waals surface area contributed by atoms with E-state index in [-0.39, 0.29) is 18.3 Å². The number of halogens is 1. The lowest BCUT2D eigenvalue weighted by molar-refractivity contribution is 0.0789. The summed E-state index contributed by atoms with van der Waals surface area (Å²) in [5.41, 5.74) is 0.713. The molecule has 112 valence electrons. The predicted molar refractivity (Wildman–Crippen MR) is 82.8 cm³/mol. The Bertz CT molecular complexity index is 440. The van der Waals surface area contributed by atoms with Gasteiger partial charge in [-0.15, -0.1) is 12.4 Å². The van der Waals surface area contributed by atoms with Crippen LogP contribution >= 0.6 is 12.4 Å².